The second-order valence-electron chi connectivity index (χ2n) is 5.90. The van der Waals surface area contributed by atoms with Gasteiger partial charge < -0.3 is 10.2 Å². The molecule has 0 saturated carbocycles. The molecule has 0 aliphatic carbocycles. The molecule has 1 aromatic rings. The first kappa shape index (κ1) is 15.0. The average molecular weight is 416 g/mol. The van der Waals surface area contributed by atoms with Gasteiger partial charge in [-0.05, 0) is 36.5 Å². The lowest BCUT2D eigenvalue weighted by Crippen LogP contribution is -2.44. The van der Waals surface area contributed by atoms with E-state index in [0.717, 1.165) is 41.4 Å². The van der Waals surface area contributed by atoms with Crippen LogP contribution in [0.1, 0.15) is 29.6 Å². The van der Waals surface area contributed by atoms with Crippen LogP contribution in [0.5, 0.6) is 0 Å². The summed E-state index contributed by atoms with van der Waals surface area (Å²) in [6.45, 7) is 2.20. The molecule has 3 rings (SSSR count). The number of amides is 2. The van der Waals surface area contributed by atoms with Crippen LogP contribution in [0.25, 0.3) is 0 Å². The summed E-state index contributed by atoms with van der Waals surface area (Å²) < 4.78 is 1.78. The number of hydrogen-bond donors (Lipinski definition) is 1. The van der Waals surface area contributed by atoms with Gasteiger partial charge in [0.2, 0.25) is 5.91 Å². The molecule has 2 fully saturated rings. The SMILES string of the molecule is O=C1CC2(CCN(C(=O)c3cc(Br)cc(Br)c3)CC2)CN1. The molecule has 21 heavy (non-hydrogen) atoms. The largest absolute Gasteiger partial charge is 0.356 e. The van der Waals surface area contributed by atoms with Crippen LogP contribution in [0.15, 0.2) is 27.1 Å². The maximum absolute atomic E-state index is 12.6. The quantitative estimate of drug-likeness (QED) is 0.766. The molecule has 2 saturated heterocycles. The van der Waals surface area contributed by atoms with Crippen LogP contribution in [0.2, 0.25) is 0 Å². The Morgan fingerprint density at radius 3 is 2.29 bits per heavy atom. The Labute approximate surface area is 140 Å². The molecule has 0 atom stereocenters. The highest BCUT2D eigenvalue weighted by atomic mass is 79.9. The monoisotopic (exact) mass is 414 g/mol. The molecule has 2 aliphatic heterocycles. The van der Waals surface area contributed by atoms with Gasteiger partial charge in [-0.3, -0.25) is 9.59 Å². The Balaban J connectivity index is 1.69. The van der Waals surface area contributed by atoms with Crippen LogP contribution in [0.4, 0.5) is 0 Å². The zero-order valence-corrected chi connectivity index (χ0v) is 14.7. The van der Waals surface area contributed by atoms with E-state index < -0.39 is 0 Å². The van der Waals surface area contributed by atoms with E-state index in [0.29, 0.717) is 12.0 Å². The molecule has 1 aromatic carbocycles. The predicted octanol–water partition coefficient (Wildman–Crippen LogP) is 2.95. The fraction of sp³-hybridized carbons (Fsp3) is 0.467. The average Bonchev–Trinajstić information content (AvgIpc) is 2.79. The molecule has 112 valence electrons. The molecule has 0 bridgehead atoms. The molecule has 0 unspecified atom stereocenters. The fourth-order valence-electron chi connectivity index (χ4n) is 3.15. The van der Waals surface area contributed by atoms with E-state index in [1.54, 1.807) is 0 Å². The number of nitrogens with one attached hydrogen (secondary N) is 1. The number of carbonyl (C=O) groups excluding carboxylic acids is 2. The van der Waals surface area contributed by atoms with Crippen molar-refractivity contribution in [3.63, 3.8) is 0 Å². The van der Waals surface area contributed by atoms with Gasteiger partial charge in [-0.1, -0.05) is 31.9 Å². The molecular formula is C15H16Br2N2O2. The normalized spacial score (nSPS) is 20.7. The van der Waals surface area contributed by atoms with Crippen LogP contribution in [0.3, 0.4) is 0 Å². The van der Waals surface area contributed by atoms with Crippen molar-refractivity contribution in [1.29, 1.82) is 0 Å². The van der Waals surface area contributed by atoms with Crippen LogP contribution in [-0.4, -0.2) is 36.3 Å². The summed E-state index contributed by atoms with van der Waals surface area (Å²) in [6, 6.07) is 5.61. The molecule has 1 spiro atoms. The van der Waals surface area contributed by atoms with Gasteiger partial charge >= 0.3 is 0 Å². The van der Waals surface area contributed by atoms with Gasteiger partial charge in [-0.25, -0.2) is 0 Å². The van der Waals surface area contributed by atoms with E-state index in [1.807, 2.05) is 23.1 Å². The first-order valence-electron chi connectivity index (χ1n) is 7.00. The van der Waals surface area contributed by atoms with E-state index >= 15 is 0 Å². The molecule has 1 N–H and O–H groups in total. The molecule has 6 heteroatoms. The lowest BCUT2D eigenvalue weighted by molar-refractivity contribution is -0.119. The summed E-state index contributed by atoms with van der Waals surface area (Å²) in [5.41, 5.74) is 0.763. The van der Waals surface area contributed by atoms with Gasteiger partial charge in [0.05, 0.1) is 0 Å². The number of piperidine rings is 1. The second kappa shape index (κ2) is 5.72. The number of carbonyl (C=O) groups is 2. The highest BCUT2D eigenvalue weighted by Gasteiger charge is 2.41. The maximum atomic E-state index is 12.6. The van der Waals surface area contributed by atoms with Gasteiger partial charge in [0.1, 0.15) is 0 Å². The zero-order valence-electron chi connectivity index (χ0n) is 11.5. The summed E-state index contributed by atoms with van der Waals surface area (Å²) in [5, 5.41) is 2.92. The van der Waals surface area contributed by atoms with Crippen LogP contribution in [-0.2, 0) is 4.79 Å². The topological polar surface area (TPSA) is 49.4 Å². The Kier molecular flexibility index (Phi) is 4.10. The van der Waals surface area contributed by atoms with Crippen molar-refractivity contribution < 1.29 is 9.59 Å². The lowest BCUT2D eigenvalue weighted by Gasteiger charge is -2.38. The van der Waals surface area contributed by atoms with E-state index in [-0.39, 0.29) is 17.2 Å². The lowest BCUT2D eigenvalue weighted by atomic mass is 9.77. The molecular weight excluding hydrogens is 400 g/mol. The molecule has 0 radical (unpaired) electrons. The summed E-state index contributed by atoms with van der Waals surface area (Å²) in [6.07, 6.45) is 2.40. The summed E-state index contributed by atoms with van der Waals surface area (Å²) in [7, 11) is 0. The number of benzene rings is 1. The molecule has 2 amide bonds. The summed E-state index contributed by atoms with van der Waals surface area (Å²) in [4.78, 5) is 25.9. The molecule has 2 aliphatic rings. The van der Waals surface area contributed by atoms with Gasteiger partial charge in [-0.2, -0.15) is 0 Å². The minimum atomic E-state index is 0.0594. The van der Waals surface area contributed by atoms with Crippen molar-refractivity contribution in [2.24, 2.45) is 5.41 Å². The minimum absolute atomic E-state index is 0.0594. The third-order valence-electron chi connectivity index (χ3n) is 4.42. The van der Waals surface area contributed by atoms with Crippen molar-refractivity contribution in [3.8, 4) is 0 Å². The Hall–Kier alpha value is -0.880. The van der Waals surface area contributed by atoms with Gasteiger partial charge in [0.25, 0.3) is 5.91 Å². The summed E-state index contributed by atoms with van der Waals surface area (Å²) in [5.74, 6) is 0.204. The standard InChI is InChI=1S/C15H16Br2N2O2/c16-11-5-10(6-12(17)7-11)14(21)19-3-1-15(2-4-19)8-13(20)18-9-15/h5-7H,1-4,8-9H2,(H,18,20). The van der Waals surface area contributed by atoms with E-state index in [9.17, 15) is 9.59 Å². The number of halogens is 2. The highest BCUT2D eigenvalue weighted by molar-refractivity contribution is 9.11. The number of rotatable bonds is 1. The predicted molar refractivity (Wildman–Crippen MR) is 87.0 cm³/mol. The number of nitrogens with zero attached hydrogens (tertiary/aromatic N) is 1. The Morgan fingerprint density at radius 2 is 1.76 bits per heavy atom. The molecule has 4 nitrogen and oxygen atoms in total. The summed E-state index contributed by atoms with van der Waals surface area (Å²) >= 11 is 6.83. The molecule has 2 heterocycles. The van der Waals surface area contributed by atoms with Crippen molar-refractivity contribution in [2.45, 2.75) is 19.3 Å². The third-order valence-corrected chi connectivity index (χ3v) is 5.33. The second-order valence-corrected chi connectivity index (χ2v) is 7.74. The van der Waals surface area contributed by atoms with Gasteiger partial charge in [0.15, 0.2) is 0 Å². The van der Waals surface area contributed by atoms with Gasteiger partial charge in [0, 0.05) is 40.6 Å². The van der Waals surface area contributed by atoms with Crippen molar-refractivity contribution >= 4 is 43.7 Å². The van der Waals surface area contributed by atoms with E-state index in [4.69, 9.17) is 0 Å². The highest BCUT2D eigenvalue weighted by Crippen LogP contribution is 2.37. The van der Waals surface area contributed by atoms with Crippen molar-refractivity contribution in [1.82, 2.24) is 10.2 Å². The third kappa shape index (κ3) is 3.16. The van der Waals surface area contributed by atoms with E-state index in [1.165, 1.54) is 0 Å². The van der Waals surface area contributed by atoms with Gasteiger partial charge in [-0.15, -0.1) is 0 Å². The smallest absolute Gasteiger partial charge is 0.253 e. The van der Waals surface area contributed by atoms with Crippen molar-refractivity contribution in [2.75, 3.05) is 19.6 Å². The Bertz CT molecular complexity index is 575. The maximum Gasteiger partial charge on any atom is 0.253 e. The van der Waals surface area contributed by atoms with Crippen LogP contribution in [0, 0.1) is 5.41 Å². The van der Waals surface area contributed by atoms with Crippen LogP contribution >= 0.6 is 31.9 Å². The number of hydrogen-bond acceptors (Lipinski definition) is 2. The fourth-order valence-corrected chi connectivity index (χ4v) is 4.44. The zero-order chi connectivity index (χ0) is 15.0. The van der Waals surface area contributed by atoms with E-state index in [2.05, 4.69) is 37.2 Å². The number of likely N-dealkylation sites (tertiary alicyclic amines) is 1. The van der Waals surface area contributed by atoms with Crippen LogP contribution < -0.4 is 5.32 Å². The Morgan fingerprint density at radius 1 is 1.14 bits per heavy atom. The molecule has 0 aromatic heterocycles. The first-order chi connectivity index (χ1) is 9.97. The minimum Gasteiger partial charge on any atom is -0.356 e. The first-order valence-corrected chi connectivity index (χ1v) is 8.58. The van der Waals surface area contributed by atoms with Crippen molar-refractivity contribution in [3.05, 3.63) is 32.7 Å².